The molecule has 1 aromatic carbocycles. The van der Waals surface area contributed by atoms with Crippen LogP contribution in [0.4, 0.5) is 0 Å². The molecule has 5 nitrogen and oxygen atoms in total. The van der Waals surface area contributed by atoms with Crippen LogP contribution in [0, 0.1) is 12.3 Å². The molecule has 1 spiro atoms. The van der Waals surface area contributed by atoms with Crippen LogP contribution >= 0.6 is 0 Å². The fourth-order valence-corrected chi connectivity index (χ4v) is 5.26. The number of benzene rings is 1. The molecule has 27 heavy (non-hydrogen) atoms. The second-order valence-electron chi connectivity index (χ2n) is 8.67. The molecule has 1 N–H and O–H groups in total. The summed E-state index contributed by atoms with van der Waals surface area (Å²) in [5, 5.41) is 10.2. The van der Waals surface area contributed by atoms with Gasteiger partial charge in [-0.15, -0.1) is 0 Å². The molecule has 5 heteroatoms. The van der Waals surface area contributed by atoms with E-state index in [1.165, 1.54) is 19.3 Å². The van der Waals surface area contributed by atoms with Crippen LogP contribution in [0.3, 0.4) is 0 Å². The lowest BCUT2D eigenvalue weighted by molar-refractivity contribution is -0.149. The van der Waals surface area contributed by atoms with E-state index in [2.05, 4.69) is 4.90 Å². The topological polar surface area (TPSA) is 60.9 Å². The highest BCUT2D eigenvalue weighted by Gasteiger charge is 2.50. The summed E-state index contributed by atoms with van der Waals surface area (Å²) in [5.41, 5.74) is 0.851. The Morgan fingerprint density at radius 2 is 1.89 bits per heavy atom. The summed E-state index contributed by atoms with van der Waals surface area (Å²) >= 11 is 0. The summed E-state index contributed by atoms with van der Waals surface area (Å²) in [5.74, 6) is 0.135. The van der Waals surface area contributed by atoms with Gasteiger partial charge >= 0.3 is 0 Å². The number of piperidine rings is 1. The van der Waals surface area contributed by atoms with Gasteiger partial charge in [-0.05, 0) is 56.7 Å². The van der Waals surface area contributed by atoms with Gasteiger partial charge in [-0.1, -0.05) is 25.3 Å². The van der Waals surface area contributed by atoms with Crippen LogP contribution in [0.15, 0.2) is 18.2 Å². The molecule has 0 radical (unpaired) electrons. The van der Waals surface area contributed by atoms with Crippen molar-refractivity contribution in [2.75, 3.05) is 19.6 Å². The van der Waals surface area contributed by atoms with Gasteiger partial charge in [0.1, 0.15) is 5.75 Å². The predicted octanol–water partition coefficient (Wildman–Crippen LogP) is 3.49. The normalized spacial score (nSPS) is 26.8. The average molecular weight is 370 g/mol. The maximum atomic E-state index is 13.4. The zero-order valence-corrected chi connectivity index (χ0v) is 16.2. The largest absolute Gasteiger partial charge is 0.507 e. The molecule has 2 saturated heterocycles. The van der Waals surface area contributed by atoms with Crippen LogP contribution in [0.25, 0.3) is 0 Å². The maximum absolute atomic E-state index is 13.4. The van der Waals surface area contributed by atoms with Gasteiger partial charge < -0.3 is 14.9 Å². The molecule has 0 bridgehead atoms. The maximum Gasteiger partial charge on any atom is 0.257 e. The first-order valence-electron chi connectivity index (χ1n) is 10.4. The van der Waals surface area contributed by atoms with Gasteiger partial charge in [-0.3, -0.25) is 9.59 Å². The van der Waals surface area contributed by atoms with Crippen LogP contribution in [0.1, 0.15) is 67.3 Å². The van der Waals surface area contributed by atoms with Crippen molar-refractivity contribution in [1.82, 2.24) is 9.80 Å². The Morgan fingerprint density at radius 3 is 2.63 bits per heavy atom. The number of hydrogen-bond acceptors (Lipinski definition) is 3. The van der Waals surface area contributed by atoms with E-state index < -0.39 is 5.41 Å². The Balaban J connectivity index is 1.50. The number of carbonyl (C=O) groups excluding carboxylic acids is 2. The first-order chi connectivity index (χ1) is 13.0. The molecular weight excluding hydrogens is 340 g/mol. The molecule has 1 unspecified atom stereocenters. The van der Waals surface area contributed by atoms with Crippen molar-refractivity contribution in [2.45, 2.75) is 64.3 Å². The van der Waals surface area contributed by atoms with Crippen molar-refractivity contribution in [3.8, 4) is 5.75 Å². The lowest BCUT2D eigenvalue weighted by Gasteiger charge is -2.44. The van der Waals surface area contributed by atoms with Gasteiger partial charge in [-0.25, -0.2) is 0 Å². The van der Waals surface area contributed by atoms with E-state index in [1.807, 2.05) is 13.0 Å². The van der Waals surface area contributed by atoms with Crippen molar-refractivity contribution in [1.29, 1.82) is 0 Å². The smallest absolute Gasteiger partial charge is 0.257 e. The summed E-state index contributed by atoms with van der Waals surface area (Å²) in [6, 6.07) is 5.55. The summed E-state index contributed by atoms with van der Waals surface area (Å²) in [6.07, 6.45) is 8.62. The number of phenols is 1. The summed E-state index contributed by atoms with van der Waals surface area (Å²) in [7, 11) is 0. The van der Waals surface area contributed by atoms with Gasteiger partial charge in [0.05, 0.1) is 11.0 Å². The zero-order chi connectivity index (χ0) is 19.0. The number of likely N-dealkylation sites (tertiary alicyclic amines) is 2. The number of carbonyl (C=O) groups is 2. The standard InChI is InChI=1S/C22H30N2O3/c1-16-8-9-18(19(25)14-16)20(26)23-13-11-22(15-23)10-5-12-24(21(22)27)17-6-3-2-4-7-17/h8-9,14,17,25H,2-7,10-13,15H2,1H3. The molecule has 2 heterocycles. The first kappa shape index (κ1) is 18.3. The molecule has 3 fully saturated rings. The van der Waals surface area contributed by atoms with E-state index in [0.29, 0.717) is 24.7 Å². The molecule has 146 valence electrons. The number of amides is 2. The Kier molecular flexibility index (Phi) is 4.87. The van der Waals surface area contributed by atoms with Gasteiger partial charge in [0.25, 0.3) is 5.91 Å². The van der Waals surface area contributed by atoms with Crippen molar-refractivity contribution in [2.24, 2.45) is 5.41 Å². The fourth-order valence-electron chi connectivity index (χ4n) is 5.26. The molecule has 1 aliphatic carbocycles. The molecule has 4 rings (SSSR count). The quantitative estimate of drug-likeness (QED) is 0.867. The second-order valence-corrected chi connectivity index (χ2v) is 8.67. The number of rotatable bonds is 2. The highest BCUT2D eigenvalue weighted by Crippen LogP contribution is 2.42. The van der Waals surface area contributed by atoms with E-state index in [-0.39, 0.29) is 17.6 Å². The number of phenolic OH excluding ortho intramolecular Hbond substituents is 1. The lowest BCUT2D eigenvalue weighted by Crippen LogP contribution is -2.54. The van der Waals surface area contributed by atoms with Crippen LogP contribution in [-0.4, -0.2) is 52.4 Å². The molecule has 1 atom stereocenters. The zero-order valence-electron chi connectivity index (χ0n) is 16.2. The molecule has 2 aliphatic heterocycles. The third-order valence-corrected chi connectivity index (χ3v) is 6.81. The third kappa shape index (κ3) is 3.32. The first-order valence-corrected chi connectivity index (χ1v) is 10.4. The minimum Gasteiger partial charge on any atom is -0.507 e. The van der Waals surface area contributed by atoms with Gasteiger partial charge in [0.15, 0.2) is 0 Å². The summed E-state index contributed by atoms with van der Waals surface area (Å²) in [4.78, 5) is 30.2. The van der Waals surface area contributed by atoms with Crippen LogP contribution < -0.4 is 0 Å². The van der Waals surface area contributed by atoms with Crippen molar-refractivity contribution >= 4 is 11.8 Å². The van der Waals surface area contributed by atoms with Gasteiger partial charge in [0, 0.05) is 25.7 Å². The highest BCUT2D eigenvalue weighted by atomic mass is 16.3. The average Bonchev–Trinajstić information content (AvgIpc) is 3.09. The van der Waals surface area contributed by atoms with E-state index in [1.54, 1.807) is 17.0 Å². The predicted molar refractivity (Wildman–Crippen MR) is 104 cm³/mol. The molecule has 1 aromatic rings. The summed E-state index contributed by atoms with van der Waals surface area (Å²) < 4.78 is 0. The van der Waals surface area contributed by atoms with E-state index in [0.717, 1.165) is 44.2 Å². The van der Waals surface area contributed by atoms with Crippen LogP contribution in [-0.2, 0) is 4.79 Å². The monoisotopic (exact) mass is 370 g/mol. The molecule has 3 aliphatic rings. The molecule has 0 aromatic heterocycles. The molecule has 1 saturated carbocycles. The Morgan fingerprint density at radius 1 is 1.11 bits per heavy atom. The third-order valence-electron chi connectivity index (χ3n) is 6.81. The number of aryl methyl sites for hydroxylation is 1. The second kappa shape index (κ2) is 7.17. The number of hydrogen-bond donors (Lipinski definition) is 1. The highest BCUT2D eigenvalue weighted by molar-refractivity contribution is 5.98. The van der Waals surface area contributed by atoms with E-state index in [4.69, 9.17) is 0 Å². The van der Waals surface area contributed by atoms with Crippen LogP contribution in [0.2, 0.25) is 0 Å². The SMILES string of the molecule is Cc1ccc(C(=O)N2CCC3(CCCN(C4CCCCC4)C3=O)C2)c(O)c1. The van der Waals surface area contributed by atoms with Crippen LogP contribution in [0.5, 0.6) is 5.75 Å². The van der Waals surface area contributed by atoms with E-state index in [9.17, 15) is 14.7 Å². The Bertz CT molecular complexity index is 741. The minimum absolute atomic E-state index is 0.0275. The van der Waals surface area contributed by atoms with Gasteiger partial charge in [0.2, 0.25) is 5.91 Å². The number of aromatic hydroxyl groups is 1. The van der Waals surface area contributed by atoms with Crippen molar-refractivity contribution < 1.29 is 14.7 Å². The Labute approximate surface area is 161 Å². The number of nitrogens with zero attached hydrogens (tertiary/aromatic N) is 2. The minimum atomic E-state index is -0.411. The molecular formula is C22H30N2O3. The Hall–Kier alpha value is -2.04. The van der Waals surface area contributed by atoms with Gasteiger partial charge in [-0.2, -0.15) is 0 Å². The van der Waals surface area contributed by atoms with E-state index >= 15 is 0 Å². The summed E-state index contributed by atoms with van der Waals surface area (Å²) in [6.45, 7) is 3.84. The molecule has 2 amide bonds. The van der Waals surface area contributed by atoms with Crippen molar-refractivity contribution in [3.05, 3.63) is 29.3 Å². The fraction of sp³-hybridized carbons (Fsp3) is 0.636. The van der Waals surface area contributed by atoms with Crippen molar-refractivity contribution in [3.63, 3.8) is 0 Å². The lowest BCUT2D eigenvalue weighted by atomic mass is 9.77.